The number of nitrogen functional groups attached to an aromatic ring is 1. The summed E-state index contributed by atoms with van der Waals surface area (Å²) in [4.78, 5) is 22.1. The van der Waals surface area contributed by atoms with Gasteiger partial charge in [0.2, 0.25) is 0 Å². The number of amides is 1. The third kappa shape index (κ3) is 5.40. The van der Waals surface area contributed by atoms with Gasteiger partial charge in [0.05, 0.1) is 4.92 Å². The van der Waals surface area contributed by atoms with E-state index in [1.54, 1.807) is 19.1 Å². The van der Waals surface area contributed by atoms with E-state index in [-0.39, 0.29) is 30.1 Å². The average Bonchev–Trinajstić information content (AvgIpc) is 2.66. The number of hydrogen-bond acceptors (Lipinski definition) is 7. The van der Waals surface area contributed by atoms with Crippen molar-refractivity contribution in [3.8, 4) is 0 Å². The quantitative estimate of drug-likeness (QED) is 0.328. The molecule has 2 aromatic carbocycles. The summed E-state index contributed by atoms with van der Waals surface area (Å²) >= 11 is 0. The van der Waals surface area contributed by atoms with Gasteiger partial charge in [0.25, 0.3) is 5.69 Å². The third-order valence-electron chi connectivity index (χ3n) is 3.96. The van der Waals surface area contributed by atoms with Crippen LogP contribution in [0.3, 0.4) is 0 Å². The van der Waals surface area contributed by atoms with Gasteiger partial charge in [-0.2, -0.15) is 0 Å². The van der Waals surface area contributed by atoms with Crippen LogP contribution in [0.15, 0.2) is 42.5 Å². The smallest absolute Gasteiger partial charge is 0.407 e. The van der Waals surface area contributed by atoms with Crippen LogP contribution in [0, 0.1) is 17.0 Å². The van der Waals surface area contributed by atoms with Crippen LogP contribution in [0.5, 0.6) is 0 Å². The van der Waals surface area contributed by atoms with E-state index in [0.29, 0.717) is 5.56 Å². The molecule has 0 aromatic heterocycles. The summed E-state index contributed by atoms with van der Waals surface area (Å²) in [5.74, 6) is 0. The van der Waals surface area contributed by atoms with Crippen molar-refractivity contribution in [3.05, 3.63) is 69.3 Å². The number of carbonyl (C=O) groups is 1. The van der Waals surface area contributed by atoms with E-state index in [4.69, 9.17) is 10.5 Å². The molecule has 2 unspecified atom stereocenters. The van der Waals surface area contributed by atoms with Crippen LogP contribution < -0.4 is 11.1 Å². The third-order valence-corrected chi connectivity index (χ3v) is 3.96. The number of anilines is 1. The van der Waals surface area contributed by atoms with Crippen molar-refractivity contribution in [2.24, 2.45) is 0 Å². The minimum absolute atomic E-state index is 0.00643. The summed E-state index contributed by atoms with van der Waals surface area (Å²) in [5.41, 5.74) is 6.62. The van der Waals surface area contributed by atoms with Gasteiger partial charge in [-0.25, -0.2) is 4.79 Å². The van der Waals surface area contributed by atoms with Crippen LogP contribution in [0.1, 0.15) is 22.8 Å². The molecule has 0 radical (unpaired) electrons. The Morgan fingerprint density at radius 1 is 1.30 bits per heavy atom. The summed E-state index contributed by atoms with van der Waals surface area (Å²) in [6.07, 6.45) is -3.60. The highest BCUT2D eigenvalue weighted by Crippen LogP contribution is 2.30. The van der Waals surface area contributed by atoms with E-state index in [0.717, 1.165) is 11.6 Å². The Labute approximate surface area is 155 Å². The number of hydrogen-bond donors (Lipinski definition) is 4. The number of nitrogens with zero attached hydrogens (tertiary/aromatic N) is 1. The van der Waals surface area contributed by atoms with Crippen molar-refractivity contribution in [3.63, 3.8) is 0 Å². The maximum Gasteiger partial charge on any atom is 0.407 e. The maximum atomic E-state index is 11.7. The first kappa shape index (κ1) is 20.1. The topological polar surface area (TPSA) is 148 Å². The molecule has 0 spiro atoms. The van der Waals surface area contributed by atoms with Crippen molar-refractivity contribution in [1.82, 2.24) is 5.32 Å². The summed E-state index contributed by atoms with van der Waals surface area (Å²) in [6, 6.07) is 11.6. The fourth-order valence-electron chi connectivity index (χ4n) is 2.42. The minimum atomic E-state index is -1.45. The maximum absolute atomic E-state index is 11.7. The van der Waals surface area contributed by atoms with Gasteiger partial charge in [-0.3, -0.25) is 10.1 Å². The molecule has 9 nitrogen and oxygen atoms in total. The van der Waals surface area contributed by atoms with E-state index in [9.17, 15) is 25.1 Å². The van der Waals surface area contributed by atoms with Crippen LogP contribution in [0.2, 0.25) is 0 Å². The van der Waals surface area contributed by atoms with Crippen LogP contribution >= 0.6 is 0 Å². The Bertz CT molecular complexity index is 812. The molecule has 0 heterocycles. The van der Waals surface area contributed by atoms with E-state index < -0.39 is 23.2 Å². The minimum Gasteiger partial charge on any atom is -0.445 e. The Balaban J connectivity index is 1.92. The molecule has 0 saturated carbocycles. The first-order valence-electron chi connectivity index (χ1n) is 8.14. The van der Waals surface area contributed by atoms with Crippen molar-refractivity contribution in [2.75, 3.05) is 12.3 Å². The van der Waals surface area contributed by atoms with Gasteiger partial charge >= 0.3 is 6.09 Å². The lowest BCUT2D eigenvalue weighted by molar-refractivity contribution is -0.384. The highest BCUT2D eigenvalue weighted by atomic mass is 16.6. The molecule has 0 aliphatic heterocycles. The zero-order chi connectivity index (χ0) is 20.0. The van der Waals surface area contributed by atoms with E-state index >= 15 is 0 Å². The number of nitrogens with one attached hydrogen (secondary N) is 1. The van der Waals surface area contributed by atoms with Crippen LogP contribution in [-0.2, 0) is 11.3 Å². The first-order chi connectivity index (χ1) is 12.8. The van der Waals surface area contributed by atoms with Gasteiger partial charge in [-0.15, -0.1) is 0 Å². The number of nitro groups is 1. The number of aliphatic hydroxyl groups excluding tert-OH is 2. The lowest BCUT2D eigenvalue weighted by Gasteiger charge is -2.19. The summed E-state index contributed by atoms with van der Waals surface area (Å²) in [6.45, 7) is 1.32. The lowest BCUT2D eigenvalue weighted by atomic mass is 10.00. The fraction of sp³-hybridized carbons (Fsp3) is 0.278. The van der Waals surface area contributed by atoms with Crippen molar-refractivity contribution in [2.45, 2.75) is 25.7 Å². The zero-order valence-corrected chi connectivity index (χ0v) is 14.7. The van der Waals surface area contributed by atoms with Crippen molar-refractivity contribution < 1.29 is 24.7 Å². The van der Waals surface area contributed by atoms with E-state index in [2.05, 4.69) is 5.32 Å². The number of rotatable bonds is 7. The SMILES string of the molecule is Cc1cc(C(O)C(O)CNC(=O)OCc2ccccc2)cc([N+](=O)[O-])c1N. The number of aliphatic hydroxyl groups is 2. The molecule has 0 aliphatic rings. The largest absolute Gasteiger partial charge is 0.445 e. The molecule has 5 N–H and O–H groups in total. The number of nitro benzene ring substituents is 1. The van der Waals surface area contributed by atoms with Crippen LogP contribution in [-0.4, -0.2) is 33.9 Å². The number of nitrogens with two attached hydrogens (primary N) is 1. The molecule has 144 valence electrons. The number of aryl methyl sites for hydroxylation is 1. The van der Waals surface area contributed by atoms with Gasteiger partial charge in [0.1, 0.15) is 24.5 Å². The molecular formula is C18H21N3O6. The van der Waals surface area contributed by atoms with Crippen molar-refractivity contribution >= 4 is 17.5 Å². The predicted molar refractivity (Wildman–Crippen MR) is 97.8 cm³/mol. The highest BCUT2D eigenvalue weighted by molar-refractivity contribution is 5.67. The molecule has 2 aromatic rings. The predicted octanol–water partition coefficient (Wildman–Crippen LogP) is 1.81. The molecule has 0 aliphatic carbocycles. The zero-order valence-electron chi connectivity index (χ0n) is 14.7. The number of alkyl carbamates (subject to hydrolysis) is 1. The van der Waals surface area contributed by atoms with E-state index in [1.165, 1.54) is 6.07 Å². The number of ether oxygens (including phenoxy) is 1. The van der Waals surface area contributed by atoms with Crippen LogP contribution in [0.25, 0.3) is 0 Å². The van der Waals surface area contributed by atoms with Gasteiger partial charge in [0, 0.05) is 12.6 Å². The molecule has 0 bridgehead atoms. The second-order valence-corrected chi connectivity index (χ2v) is 5.98. The summed E-state index contributed by atoms with van der Waals surface area (Å²) in [5, 5.41) is 33.7. The summed E-state index contributed by atoms with van der Waals surface area (Å²) in [7, 11) is 0. The van der Waals surface area contributed by atoms with Crippen LogP contribution in [0.4, 0.5) is 16.2 Å². The monoisotopic (exact) mass is 375 g/mol. The Morgan fingerprint density at radius 3 is 2.59 bits per heavy atom. The number of carbonyl (C=O) groups excluding carboxylic acids is 1. The Hall–Kier alpha value is -3.17. The molecule has 0 fully saturated rings. The standard InChI is InChI=1S/C18H21N3O6/c1-11-7-13(8-14(16(11)19)21(25)26)17(23)15(22)9-20-18(24)27-10-12-5-3-2-4-6-12/h2-8,15,17,22-23H,9-10,19H2,1H3,(H,20,24). The number of benzene rings is 2. The first-order valence-corrected chi connectivity index (χ1v) is 8.14. The molecule has 2 atom stereocenters. The van der Waals surface area contributed by atoms with Gasteiger partial charge in [-0.1, -0.05) is 36.4 Å². The Kier molecular flexibility index (Phi) is 6.69. The van der Waals surface area contributed by atoms with Crippen molar-refractivity contribution in [1.29, 1.82) is 0 Å². The second-order valence-electron chi connectivity index (χ2n) is 5.98. The Morgan fingerprint density at radius 2 is 1.96 bits per heavy atom. The highest BCUT2D eigenvalue weighted by Gasteiger charge is 2.24. The van der Waals surface area contributed by atoms with Gasteiger partial charge in [0.15, 0.2) is 0 Å². The average molecular weight is 375 g/mol. The van der Waals surface area contributed by atoms with E-state index in [1.807, 2.05) is 18.2 Å². The molecule has 2 rings (SSSR count). The second kappa shape index (κ2) is 8.97. The molecular weight excluding hydrogens is 354 g/mol. The normalized spacial score (nSPS) is 12.9. The molecule has 9 heteroatoms. The summed E-state index contributed by atoms with van der Waals surface area (Å²) < 4.78 is 5.00. The molecule has 1 amide bonds. The molecule has 0 saturated heterocycles. The fourth-order valence-corrected chi connectivity index (χ4v) is 2.42. The van der Waals surface area contributed by atoms with Gasteiger partial charge in [-0.05, 0) is 23.6 Å². The lowest BCUT2D eigenvalue weighted by Crippen LogP contribution is -2.35. The molecule has 27 heavy (non-hydrogen) atoms. The van der Waals surface area contributed by atoms with Gasteiger partial charge < -0.3 is 26.0 Å².